The highest BCUT2D eigenvalue weighted by atomic mass is 32.2. The second kappa shape index (κ2) is 4.63. The quantitative estimate of drug-likeness (QED) is 0.892. The van der Waals surface area contributed by atoms with Gasteiger partial charge in [0.05, 0.1) is 13.2 Å². The molecule has 0 amide bonds. The van der Waals surface area contributed by atoms with Crippen LogP contribution in [0, 0.1) is 5.41 Å². The molecule has 1 aromatic rings. The van der Waals surface area contributed by atoms with Gasteiger partial charge in [-0.05, 0) is 42.2 Å². The molecule has 1 aromatic carbocycles. The van der Waals surface area contributed by atoms with Crippen molar-refractivity contribution in [2.45, 2.75) is 24.2 Å². The molecule has 1 saturated heterocycles. The average molecular weight is 249 g/mol. The van der Waals surface area contributed by atoms with Crippen molar-refractivity contribution in [3.05, 3.63) is 29.3 Å². The molecule has 2 heterocycles. The molecule has 1 fully saturated rings. The highest BCUT2D eigenvalue weighted by Gasteiger charge is 2.37. The Morgan fingerprint density at radius 1 is 1.35 bits per heavy atom. The van der Waals surface area contributed by atoms with Gasteiger partial charge in [-0.3, -0.25) is 0 Å². The van der Waals surface area contributed by atoms with Crippen molar-refractivity contribution in [3.63, 3.8) is 0 Å². The molecule has 0 aromatic heterocycles. The van der Waals surface area contributed by atoms with Crippen LogP contribution in [0.5, 0.6) is 0 Å². The molecule has 2 N–H and O–H groups in total. The highest BCUT2D eigenvalue weighted by molar-refractivity contribution is 7.99. The van der Waals surface area contributed by atoms with Crippen molar-refractivity contribution in [3.8, 4) is 0 Å². The summed E-state index contributed by atoms with van der Waals surface area (Å²) >= 11 is 1.99. The van der Waals surface area contributed by atoms with E-state index in [9.17, 15) is 0 Å². The summed E-state index contributed by atoms with van der Waals surface area (Å²) in [5, 5.41) is 0. The summed E-state index contributed by atoms with van der Waals surface area (Å²) in [7, 11) is 0. The number of benzene rings is 1. The predicted molar refractivity (Wildman–Crippen MR) is 71.5 cm³/mol. The van der Waals surface area contributed by atoms with E-state index < -0.39 is 0 Å². The Labute approximate surface area is 107 Å². The third-order valence-corrected chi connectivity index (χ3v) is 5.00. The van der Waals surface area contributed by atoms with Gasteiger partial charge in [0, 0.05) is 16.9 Å². The molecule has 3 rings (SSSR count). The lowest BCUT2D eigenvalue weighted by Crippen LogP contribution is -2.49. The first kappa shape index (κ1) is 11.6. The van der Waals surface area contributed by atoms with Crippen LogP contribution in [0.3, 0.4) is 0 Å². The minimum Gasteiger partial charge on any atom is -0.380 e. The molecule has 17 heavy (non-hydrogen) atoms. The Kier molecular flexibility index (Phi) is 3.16. The Bertz CT molecular complexity index is 409. The van der Waals surface area contributed by atoms with Crippen LogP contribution in [0.25, 0.3) is 0 Å². The zero-order valence-electron chi connectivity index (χ0n) is 10.1. The number of aryl methyl sites for hydroxylation is 1. The highest BCUT2D eigenvalue weighted by Crippen LogP contribution is 2.34. The van der Waals surface area contributed by atoms with E-state index in [4.69, 9.17) is 10.5 Å². The van der Waals surface area contributed by atoms with Gasteiger partial charge in [0.1, 0.15) is 0 Å². The first-order valence-corrected chi connectivity index (χ1v) is 7.32. The summed E-state index contributed by atoms with van der Waals surface area (Å²) in [4.78, 5) is 1.48. The zero-order chi connectivity index (χ0) is 11.7. The minimum absolute atomic E-state index is 0.218. The largest absolute Gasteiger partial charge is 0.380 e. The first-order valence-electron chi connectivity index (χ1n) is 6.34. The van der Waals surface area contributed by atoms with E-state index in [0.29, 0.717) is 0 Å². The van der Waals surface area contributed by atoms with Crippen LogP contribution >= 0.6 is 11.8 Å². The maximum Gasteiger partial charge on any atom is 0.0560 e. The third kappa shape index (κ3) is 2.24. The van der Waals surface area contributed by atoms with Crippen LogP contribution in [-0.2, 0) is 17.6 Å². The molecule has 0 unspecified atom stereocenters. The smallest absolute Gasteiger partial charge is 0.0560 e. The number of fused-ring (bicyclic) bond motifs is 1. The molecule has 0 saturated carbocycles. The fraction of sp³-hybridized carbons (Fsp3) is 0.571. The Hall–Kier alpha value is -0.510. The van der Waals surface area contributed by atoms with Gasteiger partial charge in [0.25, 0.3) is 0 Å². The Morgan fingerprint density at radius 2 is 2.24 bits per heavy atom. The van der Waals surface area contributed by atoms with Crippen molar-refractivity contribution in [1.29, 1.82) is 0 Å². The van der Waals surface area contributed by atoms with Crippen molar-refractivity contribution in [2.24, 2.45) is 11.1 Å². The van der Waals surface area contributed by atoms with Crippen molar-refractivity contribution >= 4 is 11.8 Å². The number of nitrogens with two attached hydrogens (primary N) is 1. The summed E-state index contributed by atoms with van der Waals surface area (Å²) in [6.45, 7) is 2.39. The van der Waals surface area contributed by atoms with E-state index in [1.165, 1.54) is 34.6 Å². The normalized spacial score (nSPS) is 21.7. The van der Waals surface area contributed by atoms with Crippen LogP contribution < -0.4 is 5.73 Å². The summed E-state index contributed by atoms with van der Waals surface area (Å²) in [6.07, 6.45) is 3.62. The van der Waals surface area contributed by atoms with Gasteiger partial charge in [-0.25, -0.2) is 0 Å². The second-order valence-electron chi connectivity index (χ2n) is 5.27. The van der Waals surface area contributed by atoms with Gasteiger partial charge in [0.15, 0.2) is 0 Å². The molecule has 0 radical (unpaired) electrons. The molecular weight excluding hydrogens is 230 g/mol. The van der Waals surface area contributed by atoms with E-state index in [2.05, 4.69) is 18.2 Å². The SMILES string of the molecule is NCC1(Cc2ccc3c(c2)CCCS3)COC1. The lowest BCUT2D eigenvalue weighted by Gasteiger charge is -2.40. The number of thioether (sulfide) groups is 1. The number of rotatable bonds is 3. The first-order chi connectivity index (χ1) is 8.31. The maximum absolute atomic E-state index is 5.87. The number of ether oxygens (including phenoxy) is 1. The van der Waals surface area contributed by atoms with E-state index in [-0.39, 0.29) is 5.41 Å². The third-order valence-electron chi connectivity index (χ3n) is 3.80. The van der Waals surface area contributed by atoms with Crippen LogP contribution in [-0.4, -0.2) is 25.5 Å². The van der Waals surface area contributed by atoms with Crippen molar-refractivity contribution < 1.29 is 4.74 Å². The van der Waals surface area contributed by atoms with Gasteiger partial charge in [0.2, 0.25) is 0 Å². The average Bonchev–Trinajstić information content (AvgIpc) is 2.34. The molecule has 92 valence electrons. The Morgan fingerprint density at radius 3 is 2.94 bits per heavy atom. The molecule has 2 aliphatic rings. The fourth-order valence-corrected chi connectivity index (χ4v) is 3.66. The number of hydrogen-bond acceptors (Lipinski definition) is 3. The van der Waals surface area contributed by atoms with Crippen LogP contribution in [0.1, 0.15) is 17.5 Å². The van der Waals surface area contributed by atoms with Crippen LogP contribution in [0.4, 0.5) is 0 Å². The van der Waals surface area contributed by atoms with Gasteiger partial charge >= 0.3 is 0 Å². The molecule has 0 atom stereocenters. The minimum atomic E-state index is 0.218. The molecule has 0 spiro atoms. The molecule has 2 aliphatic heterocycles. The zero-order valence-corrected chi connectivity index (χ0v) is 10.9. The van der Waals surface area contributed by atoms with E-state index in [0.717, 1.165) is 26.2 Å². The standard InChI is InChI=1S/C14H19NOS/c15-8-14(9-16-10-14)7-11-3-4-13-12(6-11)2-1-5-17-13/h3-4,6H,1-2,5,7-10,15H2. The monoisotopic (exact) mass is 249 g/mol. The van der Waals surface area contributed by atoms with Gasteiger partial charge in [-0.2, -0.15) is 0 Å². The molecule has 2 nitrogen and oxygen atoms in total. The van der Waals surface area contributed by atoms with Gasteiger partial charge in [-0.1, -0.05) is 12.1 Å². The fourth-order valence-electron chi connectivity index (χ4n) is 2.64. The molecular formula is C14H19NOS. The number of hydrogen-bond donors (Lipinski definition) is 1. The van der Waals surface area contributed by atoms with Crippen molar-refractivity contribution in [2.75, 3.05) is 25.5 Å². The van der Waals surface area contributed by atoms with E-state index >= 15 is 0 Å². The lowest BCUT2D eigenvalue weighted by molar-refractivity contribution is -0.106. The summed E-state index contributed by atoms with van der Waals surface area (Å²) in [5.74, 6) is 1.27. The van der Waals surface area contributed by atoms with Crippen molar-refractivity contribution in [1.82, 2.24) is 0 Å². The van der Waals surface area contributed by atoms with Crippen LogP contribution in [0.2, 0.25) is 0 Å². The summed E-state index contributed by atoms with van der Waals surface area (Å²) < 4.78 is 5.33. The topological polar surface area (TPSA) is 35.2 Å². The summed E-state index contributed by atoms with van der Waals surface area (Å²) in [5.41, 5.74) is 9.05. The second-order valence-corrected chi connectivity index (χ2v) is 6.40. The van der Waals surface area contributed by atoms with Gasteiger partial charge < -0.3 is 10.5 Å². The molecule has 0 aliphatic carbocycles. The summed E-state index contributed by atoms with van der Waals surface area (Å²) in [6, 6.07) is 6.95. The van der Waals surface area contributed by atoms with E-state index in [1.54, 1.807) is 0 Å². The van der Waals surface area contributed by atoms with E-state index in [1.807, 2.05) is 11.8 Å². The molecule has 0 bridgehead atoms. The van der Waals surface area contributed by atoms with Crippen LogP contribution in [0.15, 0.2) is 23.1 Å². The predicted octanol–water partition coefficient (Wildman–Crippen LogP) is 2.24. The lowest BCUT2D eigenvalue weighted by atomic mass is 9.79. The molecule has 3 heteroatoms. The van der Waals surface area contributed by atoms with Gasteiger partial charge in [-0.15, -0.1) is 11.8 Å². The Balaban J connectivity index is 1.79. The maximum atomic E-state index is 5.87.